The molecule has 1 aliphatic rings. The van der Waals surface area contributed by atoms with Gasteiger partial charge in [0, 0.05) is 43.3 Å². The van der Waals surface area contributed by atoms with E-state index in [1.54, 1.807) is 67.3 Å². The highest BCUT2D eigenvalue weighted by Gasteiger charge is 2.35. The van der Waals surface area contributed by atoms with Crippen LogP contribution in [0.1, 0.15) is 25.8 Å². The standard InChI is InChI=1S/C22H26ClN3O4S/c1-3-25(4-2)31(29,30)20-10-8-16(9-11-20)14-24-22(28)17-12-21(27)26(15-17)19-7-5-6-18(23)13-19/h5-11,13,17H,3-4,12,14-15H2,1-2H3,(H,24,28). The molecule has 0 bridgehead atoms. The summed E-state index contributed by atoms with van der Waals surface area (Å²) >= 11 is 6.00. The lowest BCUT2D eigenvalue weighted by Gasteiger charge is -2.18. The Morgan fingerprint density at radius 2 is 1.84 bits per heavy atom. The normalized spacial score (nSPS) is 16.7. The smallest absolute Gasteiger partial charge is 0.243 e. The minimum atomic E-state index is -3.51. The van der Waals surface area contributed by atoms with E-state index in [9.17, 15) is 18.0 Å². The van der Waals surface area contributed by atoms with Crippen LogP contribution in [0.4, 0.5) is 5.69 Å². The number of nitrogens with zero attached hydrogens (tertiary/aromatic N) is 2. The average Bonchev–Trinajstić information content (AvgIpc) is 3.15. The highest BCUT2D eigenvalue weighted by Crippen LogP contribution is 2.27. The summed E-state index contributed by atoms with van der Waals surface area (Å²) in [6, 6.07) is 13.5. The van der Waals surface area contributed by atoms with Gasteiger partial charge >= 0.3 is 0 Å². The van der Waals surface area contributed by atoms with Crippen molar-refractivity contribution in [1.29, 1.82) is 0 Å². The first kappa shape index (κ1) is 23.2. The predicted octanol–water partition coefficient (Wildman–Crippen LogP) is 3.04. The van der Waals surface area contributed by atoms with Gasteiger partial charge < -0.3 is 10.2 Å². The summed E-state index contributed by atoms with van der Waals surface area (Å²) in [6.07, 6.45) is 0.138. The second kappa shape index (κ2) is 9.80. The molecule has 0 aliphatic carbocycles. The van der Waals surface area contributed by atoms with Gasteiger partial charge in [-0.2, -0.15) is 4.31 Å². The summed E-state index contributed by atoms with van der Waals surface area (Å²) in [6.45, 7) is 4.96. The number of carbonyl (C=O) groups is 2. The van der Waals surface area contributed by atoms with E-state index < -0.39 is 15.9 Å². The van der Waals surface area contributed by atoms with Crippen molar-refractivity contribution in [3.8, 4) is 0 Å². The van der Waals surface area contributed by atoms with Gasteiger partial charge in [-0.25, -0.2) is 8.42 Å². The number of amides is 2. The maximum atomic E-state index is 12.6. The monoisotopic (exact) mass is 463 g/mol. The number of carbonyl (C=O) groups excluding carboxylic acids is 2. The lowest BCUT2D eigenvalue weighted by molar-refractivity contribution is -0.126. The van der Waals surface area contributed by atoms with E-state index in [1.807, 2.05) is 0 Å². The van der Waals surface area contributed by atoms with Gasteiger partial charge in [0.05, 0.1) is 10.8 Å². The first-order valence-corrected chi connectivity index (χ1v) is 12.0. The lowest BCUT2D eigenvalue weighted by atomic mass is 10.1. The first-order chi connectivity index (χ1) is 14.8. The van der Waals surface area contributed by atoms with Gasteiger partial charge in [0.2, 0.25) is 21.8 Å². The molecule has 1 fully saturated rings. The molecule has 2 aromatic rings. The molecule has 3 rings (SSSR count). The Kier molecular flexibility index (Phi) is 7.35. The van der Waals surface area contributed by atoms with Crippen molar-refractivity contribution in [3.05, 3.63) is 59.1 Å². The number of anilines is 1. The maximum Gasteiger partial charge on any atom is 0.243 e. The third-order valence-electron chi connectivity index (χ3n) is 5.35. The molecule has 0 spiro atoms. The van der Waals surface area contributed by atoms with E-state index >= 15 is 0 Å². The van der Waals surface area contributed by atoms with Crippen molar-refractivity contribution in [1.82, 2.24) is 9.62 Å². The van der Waals surface area contributed by atoms with Gasteiger partial charge in [-0.15, -0.1) is 0 Å². The summed E-state index contributed by atoms with van der Waals surface area (Å²) < 4.78 is 26.5. The molecule has 31 heavy (non-hydrogen) atoms. The molecule has 2 aromatic carbocycles. The molecule has 0 aromatic heterocycles. The Bertz CT molecular complexity index is 1050. The Balaban J connectivity index is 1.59. The largest absolute Gasteiger partial charge is 0.352 e. The van der Waals surface area contributed by atoms with Crippen LogP contribution >= 0.6 is 11.6 Å². The van der Waals surface area contributed by atoms with Crippen molar-refractivity contribution >= 4 is 39.1 Å². The van der Waals surface area contributed by atoms with Crippen LogP contribution in [0.5, 0.6) is 0 Å². The molecule has 7 nitrogen and oxygen atoms in total. The zero-order valence-corrected chi connectivity index (χ0v) is 19.1. The topological polar surface area (TPSA) is 86.8 Å². The minimum Gasteiger partial charge on any atom is -0.352 e. The summed E-state index contributed by atoms with van der Waals surface area (Å²) in [7, 11) is -3.51. The molecule has 1 N–H and O–H groups in total. The highest BCUT2D eigenvalue weighted by molar-refractivity contribution is 7.89. The van der Waals surface area contributed by atoms with Gasteiger partial charge in [-0.05, 0) is 35.9 Å². The predicted molar refractivity (Wildman–Crippen MR) is 120 cm³/mol. The van der Waals surface area contributed by atoms with Crippen LogP contribution in [0.15, 0.2) is 53.4 Å². The Morgan fingerprint density at radius 1 is 1.16 bits per heavy atom. The van der Waals surface area contributed by atoms with E-state index in [0.717, 1.165) is 5.56 Å². The SMILES string of the molecule is CCN(CC)S(=O)(=O)c1ccc(CNC(=O)C2CC(=O)N(c3cccc(Cl)c3)C2)cc1. The second-order valence-electron chi connectivity index (χ2n) is 7.34. The zero-order valence-electron chi connectivity index (χ0n) is 17.5. The van der Waals surface area contributed by atoms with Crippen molar-refractivity contribution < 1.29 is 18.0 Å². The first-order valence-electron chi connectivity index (χ1n) is 10.2. The van der Waals surface area contributed by atoms with E-state index in [4.69, 9.17) is 11.6 Å². The number of hydrogen-bond acceptors (Lipinski definition) is 4. The quantitative estimate of drug-likeness (QED) is 0.651. The number of rotatable bonds is 8. The second-order valence-corrected chi connectivity index (χ2v) is 9.71. The van der Waals surface area contributed by atoms with Crippen LogP contribution in [0, 0.1) is 5.92 Å². The van der Waals surface area contributed by atoms with Gasteiger partial charge in [-0.1, -0.05) is 43.6 Å². The van der Waals surface area contributed by atoms with Crippen LogP contribution in [-0.4, -0.2) is 44.2 Å². The molecule has 1 aliphatic heterocycles. The van der Waals surface area contributed by atoms with Gasteiger partial charge in [0.1, 0.15) is 0 Å². The van der Waals surface area contributed by atoms with Crippen LogP contribution in [-0.2, 0) is 26.2 Å². The maximum absolute atomic E-state index is 12.6. The molecule has 9 heteroatoms. The van der Waals surface area contributed by atoms with E-state index in [2.05, 4.69) is 5.32 Å². The summed E-state index contributed by atoms with van der Waals surface area (Å²) in [5.74, 6) is -0.778. The number of halogens is 1. The molecule has 2 amide bonds. The Labute approximate surface area is 188 Å². The number of benzene rings is 2. The number of sulfonamides is 1. The molecule has 1 unspecified atom stereocenters. The van der Waals surface area contributed by atoms with E-state index in [0.29, 0.717) is 30.3 Å². The van der Waals surface area contributed by atoms with Crippen molar-refractivity contribution in [2.45, 2.75) is 31.7 Å². The van der Waals surface area contributed by atoms with Gasteiger partial charge in [0.15, 0.2) is 0 Å². The average molecular weight is 464 g/mol. The number of hydrogen-bond donors (Lipinski definition) is 1. The fraction of sp³-hybridized carbons (Fsp3) is 0.364. The molecule has 1 atom stereocenters. The molecule has 1 heterocycles. The van der Waals surface area contributed by atoms with Crippen molar-refractivity contribution in [3.63, 3.8) is 0 Å². The van der Waals surface area contributed by atoms with Crippen molar-refractivity contribution in [2.75, 3.05) is 24.5 Å². The van der Waals surface area contributed by atoms with Gasteiger partial charge in [0.25, 0.3) is 0 Å². The number of nitrogens with one attached hydrogen (secondary N) is 1. The van der Waals surface area contributed by atoms with Crippen LogP contribution < -0.4 is 10.2 Å². The fourth-order valence-corrected chi connectivity index (χ4v) is 5.24. The Morgan fingerprint density at radius 3 is 2.45 bits per heavy atom. The molecular formula is C22H26ClN3O4S. The highest BCUT2D eigenvalue weighted by atomic mass is 35.5. The molecular weight excluding hydrogens is 438 g/mol. The third-order valence-corrected chi connectivity index (χ3v) is 7.65. The van der Waals surface area contributed by atoms with Crippen LogP contribution in [0.2, 0.25) is 5.02 Å². The minimum absolute atomic E-state index is 0.117. The molecule has 0 radical (unpaired) electrons. The van der Waals surface area contributed by atoms with Gasteiger partial charge in [-0.3, -0.25) is 9.59 Å². The summed E-state index contributed by atoms with van der Waals surface area (Å²) in [5.41, 5.74) is 1.46. The lowest BCUT2D eigenvalue weighted by Crippen LogP contribution is -2.32. The summed E-state index contributed by atoms with van der Waals surface area (Å²) in [4.78, 5) is 26.7. The van der Waals surface area contributed by atoms with Crippen molar-refractivity contribution in [2.24, 2.45) is 5.92 Å². The Hall–Kier alpha value is -2.42. The van der Waals surface area contributed by atoms with E-state index in [1.165, 1.54) is 4.31 Å². The molecule has 0 saturated carbocycles. The summed E-state index contributed by atoms with van der Waals surface area (Å²) in [5, 5.41) is 3.38. The molecule has 166 valence electrons. The van der Waals surface area contributed by atoms with Crippen LogP contribution in [0.25, 0.3) is 0 Å². The third kappa shape index (κ3) is 5.26. The molecule has 1 saturated heterocycles. The van der Waals surface area contributed by atoms with Crippen LogP contribution in [0.3, 0.4) is 0 Å². The van der Waals surface area contributed by atoms with E-state index in [-0.39, 0.29) is 29.7 Å². The fourth-order valence-electron chi connectivity index (χ4n) is 3.60. The zero-order chi connectivity index (χ0) is 22.6.